The molecule has 0 unspecified atom stereocenters. The van der Waals surface area contributed by atoms with E-state index >= 15 is 0 Å². The molecule has 0 heterocycles. The highest BCUT2D eigenvalue weighted by molar-refractivity contribution is 5.94. The maximum Gasteiger partial charge on any atom is 0.325 e. The van der Waals surface area contributed by atoms with Crippen LogP contribution >= 0.6 is 0 Å². The molecule has 0 saturated heterocycles. The van der Waals surface area contributed by atoms with E-state index in [4.69, 9.17) is 4.74 Å². The van der Waals surface area contributed by atoms with Crippen LogP contribution in [0, 0.1) is 5.82 Å². The molecule has 1 amide bonds. The van der Waals surface area contributed by atoms with Gasteiger partial charge in [-0.3, -0.25) is 9.59 Å². The molecular formula is C16H18FNO3. The molecule has 4 nitrogen and oxygen atoms in total. The molecule has 0 aromatic heterocycles. The summed E-state index contributed by atoms with van der Waals surface area (Å²) < 4.78 is 17.9. The molecule has 0 atom stereocenters. The van der Waals surface area contributed by atoms with Crippen molar-refractivity contribution in [3.63, 3.8) is 0 Å². The Labute approximate surface area is 123 Å². The number of nitrogens with zero attached hydrogens (tertiary/aromatic N) is 1. The molecule has 2 rings (SSSR count). The van der Waals surface area contributed by atoms with Gasteiger partial charge in [0.05, 0.1) is 6.61 Å². The van der Waals surface area contributed by atoms with Crippen molar-refractivity contribution in [2.24, 2.45) is 0 Å². The van der Waals surface area contributed by atoms with Crippen LogP contribution in [0.2, 0.25) is 0 Å². The standard InChI is InChI=1S/C16H18FNO3/c1-2-21-16(20)11-18(14-7-8-14)15(19)9-6-12-4-3-5-13(17)10-12/h3-6,9-10,14H,2,7-8,11H2,1H3. The maximum absolute atomic E-state index is 13.1. The molecule has 0 bridgehead atoms. The monoisotopic (exact) mass is 291 g/mol. The first-order valence-corrected chi connectivity index (χ1v) is 7.00. The van der Waals surface area contributed by atoms with Gasteiger partial charge in [0.25, 0.3) is 0 Å². The minimum atomic E-state index is -0.406. The van der Waals surface area contributed by atoms with Crippen LogP contribution in [0.1, 0.15) is 25.3 Å². The average molecular weight is 291 g/mol. The molecule has 0 N–H and O–H groups in total. The van der Waals surface area contributed by atoms with Gasteiger partial charge in [-0.1, -0.05) is 12.1 Å². The van der Waals surface area contributed by atoms with Crippen molar-refractivity contribution < 1.29 is 18.7 Å². The maximum atomic E-state index is 13.1. The molecule has 1 saturated carbocycles. The predicted octanol–water partition coefficient (Wildman–Crippen LogP) is 2.39. The molecule has 0 radical (unpaired) electrons. The molecule has 0 aliphatic heterocycles. The highest BCUT2D eigenvalue weighted by atomic mass is 19.1. The van der Waals surface area contributed by atoms with Gasteiger partial charge in [-0.15, -0.1) is 0 Å². The second-order valence-corrected chi connectivity index (χ2v) is 4.89. The Kier molecular flexibility index (Phi) is 5.09. The average Bonchev–Trinajstić information content (AvgIpc) is 3.27. The molecule has 1 aromatic rings. The van der Waals surface area contributed by atoms with Crippen LogP contribution in [0.5, 0.6) is 0 Å². The van der Waals surface area contributed by atoms with Crippen molar-refractivity contribution in [2.75, 3.05) is 13.2 Å². The van der Waals surface area contributed by atoms with E-state index in [1.165, 1.54) is 23.1 Å². The lowest BCUT2D eigenvalue weighted by atomic mass is 10.2. The number of ether oxygens (including phenoxy) is 1. The number of hydrogen-bond acceptors (Lipinski definition) is 3. The number of carbonyl (C=O) groups is 2. The number of benzene rings is 1. The van der Waals surface area contributed by atoms with E-state index in [9.17, 15) is 14.0 Å². The zero-order valence-corrected chi connectivity index (χ0v) is 11.9. The molecule has 1 aromatic carbocycles. The van der Waals surface area contributed by atoms with Crippen molar-refractivity contribution >= 4 is 18.0 Å². The Morgan fingerprint density at radius 2 is 2.19 bits per heavy atom. The number of carbonyl (C=O) groups excluding carboxylic acids is 2. The summed E-state index contributed by atoms with van der Waals surface area (Å²) in [6.45, 7) is 1.99. The molecule has 1 aliphatic carbocycles. The number of hydrogen-bond donors (Lipinski definition) is 0. The quantitative estimate of drug-likeness (QED) is 0.597. The lowest BCUT2D eigenvalue weighted by molar-refractivity contribution is -0.148. The van der Waals surface area contributed by atoms with E-state index in [1.807, 2.05) is 0 Å². The Hall–Kier alpha value is -2.17. The zero-order chi connectivity index (χ0) is 15.2. The normalized spacial score (nSPS) is 14.2. The summed E-state index contributed by atoms with van der Waals surface area (Å²) in [4.78, 5) is 25.2. The van der Waals surface area contributed by atoms with Crippen LogP contribution in [-0.2, 0) is 14.3 Å². The van der Waals surface area contributed by atoms with Gasteiger partial charge >= 0.3 is 5.97 Å². The molecule has 0 spiro atoms. The first-order chi connectivity index (χ1) is 10.1. The van der Waals surface area contributed by atoms with Crippen molar-refractivity contribution in [3.05, 3.63) is 41.7 Å². The fourth-order valence-electron chi connectivity index (χ4n) is 1.99. The van der Waals surface area contributed by atoms with Crippen molar-refractivity contribution in [2.45, 2.75) is 25.8 Å². The number of halogens is 1. The Morgan fingerprint density at radius 1 is 1.43 bits per heavy atom. The third kappa shape index (κ3) is 4.70. The predicted molar refractivity (Wildman–Crippen MR) is 76.8 cm³/mol. The topological polar surface area (TPSA) is 46.6 Å². The summed E-state index contributed by atoms with van der Waals surface area (Å²) >= 11 is 0. The van der Waals surface area contributed by atoms with Gasteiger partial charge in [0.2, 0.25) is 5.91 Å². The second kappa shape index (κ2) is 7.02. The van der Waals surface area contributed by atoms with Crippen molar-refractivity contribution in [1.82, 2.24) is 4.90 Å². The molecular weight excluding hydrogens is 273 g/mol. The van der Waals surface area contributed by atoms with Crippen LogP contribution in [-0.4, -0.2) is 36.0 Å². The molecule has 21 heavy (non-hydrogen) atoms. The fourth-order valence-corrected chi connectivity index (χ4v) is 1.99. The summed E-state index contributed by atoms with van der Waals surface area (Å²) in [6.07, 6.45) is 4.72. The third-order valence-electron chi connectivity index (χ3n) is 3.14. The lowest BCUT2D eigenvalue weighted by Gasteiger charge is -2.19. The number of rotatable bonds is 6. The zero-order valence-electron chi connectivity index (χ0n) is 11.9. The van der Waals surface area contributed by atoms with Gasteiger partial charge in [0, 0.05) is 12.1 Å². The van der Waals surface area contributed by atoms with E-state index in [0.717, 1.165) is 12.8 Å². The Bertz CT molecular complexity index is 552. The summed E-state index contributed by atoms with van der Waals surface area (Å²) in [5, 5.41) is 0. The minimum Gasteiger partial charge on any atom is -0.465 e. The molecule has 5 heteroatoms. The highest BCUT2D eigenvalue weighted by Crippen LogP contribution is 2.27. The first kappa shape index (κ1) is 15.2. The van der Waals surface area contributed by atoms with Gasteiger partial charge in [0.15, 0.2) is 0 Å². The first-order valence-electron chi connectivity index (χ1n) is 7.00. The Balaban J connectivity index is 2.00. The van der Waals surface area contributed by atoms with E-state index in [2.05, 4.69) is 0 Å². The second-order valence-electron chi connectivity index (χ2n) is 4.89. The molecule has 112 valence electrons. The van der Waals surface area contributed by atoms with Crippen LogP contribution in [0.25, 0.3) is 6.08 Å². The summed E-state index contributed by atoms with van der Waals surface area (Å²) in [5.74, 6) is -1.01. The van der Waals surface area contributed by atoms with Gasteiger partial charge in [-0.25, -0.2) is 4.39 Å². The SMILES string of the molecule is CCOC(=O)CN(C(=O)C=Cc1cccc(F)c1)C1CC1. The van der Waals surface area contributed by atoms with Gasteiger partial charge in [0.1, 0.15) is 12.4 Å². The summed E-state index contributed by atoms with van der Waals surface area (Å²) in [7, 11) is 0. The fraction of sp³-hybridized carbons (Fsp3) is 0.375. The van der Waals surface area contributed by atoms with Gasteiger partial charge in [-0.05, 0) is 43.5 Å². The largest absolute Gasteiger partial charge is 0.465 e. The van der Waals surface area contributed by atoms with Crippen LogP contribution in [0.15, 0.2) is 30.3 Å². The third-order valence-corrected chi connectivity index (χ3v) is 3.14. The van der Waals surface area contributed by atoms with Gasteiger partial charge in [-0.2, -0.15) is 0 Å². The highest BCUT2D eigenvalue weighted by Gasteiger charge is 2.33. The minimum absolute atomic E-state index is 0.0369. The lowest BCUT2D eigenvalue weighted by Crippen LogP contribution is -2.37. The van der Waals surface area contributed by atoms with Crippen LogP contribution < -0.4 is 0 Å². The van der Waals surface area contributed by atoms with Crippen LogP contribution in [0.4, 0.5) is 4.39 Å². The molecule has 1 fully saturated rings. The Morgan fingerprint density at radius 3 is 2.81 bits per heavy atom. The van der Waals surface area contributed by atoms with Crippen molar-refractivity contribution in [3.8, 4) is 0 Å². The van der Waals surface area contributed by atoms with E-state index < -0.39 is 5.97 Å². The van der Waals surface area contributed by atoms with Crippen molar-refractivity contribution in [1.29, 1.82) is 0 Å². The smallest absolute Gasteiger partial charge is 0.325 e. The number of amides is 1. The van der Waals surface area contributed by atoms with Gasteiger partial charge < -0.3 is 9.64 Å². The number of esters is 1. The van der Waals surface area contributed by atoms with E-state index in [-0.39, 0.29) is 24.3 Å². The van der Waals surface area contributed by atoms with E-state index in [1.54, 1.807) is 25.1 Å². The van der Waals surface area contributed by atoms with Crippen LogP contribution in [0.3, 0.4) is 0 Å². The van der Waals surface area contributed by atoms with E-state index in [0.29, 0.717) is 12.2 Å². The molecule has 1 aliphatic rings. The summed E-state index contributed by atoms with van der Waals surface area (Å²) in [6, 6.07) is 6.09. The summed E-state index contributed by atoms with van der Waals surface area (Å²) in [5.41, 5.74) is 0.607.